The number of aromatic nitrogens is 1. The molecular formula is C15H23N3O3. The van der Waals surface area contributed by atoms with Gasteiger partial charge in [-0.3, -0.25) is 4.79 Å². The minimum atomic E-state index is -0.884. The van der Waals surface area contributed by atoms with Gasteiger partial charge in [0, 0.05) is 17.9 Å². The summed E-state index contributed by atoms with van der Waals surface area (Å²) in [5, 5.41) is 2.87. The van der Waals surface area contributed by atoms with Crippen molar-refractivity contribution < 1.29 is 13.9 Å². The van der Waals surface area contributed by atoms with Crippen LogP contribution in [-0.4, -0.2) is 29.1 Å². The number of oxazole rings is 1. The number of hydrogen-bond donors (Lipinski definition) is 2. The zero-order valence-electron chi connectivity index (χ0n) is 13.0. The summed E-state index contributed by atoms with van der Waals surface area (Å²) in [5.41, 5.74) is 6.06. The van der Waals surface area contributed by atoms with Gasteiger partial charge in [-0.1, -0.05) is 13.8 Å². The van der Waals surface area contributed by atoms with Crippen molar-refractivity contribution in [2.24, 2.45) is 17.1 Å². The lowest BCUT2D eigenvalue weighted by Gasteiger charge is -2.60. The number of nitrogens with one attached hydrogen (secondary N) is 1. The van der Waals surface area contributed by atoms with Crippen LogP contribution in [0.3, 0.4) is 0 Å². The van der Waals surface area contributed by atoms with Gasteiger partial charge in [0.2, 0.25) is 11.8 Å². The van der Waals surface area contributed by atoms with Crippen molar-refractivity contribution in [2.75, 3.05) is 6.61 Å². The van der Waals surface area contributed by atoms with Crippen LogP contribution in [-0.2, 0) is 16.1 Å². The van der Waals surface area contributed by atoms with Crippen LogP contribution in [0.1, 0.15) is 37.6 Å². The third kappa shape index (κ3) is 1.85. The molecule has 6 nitrogen and oxygen atoms in total. The van der Waals surface area contributed by atoms with Crippen molar-refractivity contribution in [3.8, 4) is 0 Å². The molecule has 3 atom stereocenters. The Labute approximate surface area is 124 Å². The first kappa shape index (κ1) is 14.5. The van der Waals surface area contributed by atoms with E-state index >= 15 is 0 Å². The number of carbonyl (C=O) groups is 1. The molecule has 1 aromatic rings. The summed E-state index contributed by atoms with van der Waals surface area (Å²) in [4.78, 5) is 16.9. The number of nitrogens with two attached hydrogens (primary N) is 1. The minimum Gasteiger partial charge on any atom is -0.444 e. The number of carbonyl (C=O) groups excluding carboxylic acids is 1. The lowest BCUT2D eigenvalue weighted by Crippen LogP contribution is -2.80. The van der Waals surface area contributed by atoms with Crippen LogP contribution in [0.25, 0.3) is 0 Å². The molecule has 116 valence electrons. The van der Waals surface area contributed by atoms with Crippen LogP contribution in [0.2, 0.25) is 0 Å². The molecule has 2 fully saturated rings. The summed E-state index contributed by atoms with van der Waals surface area (Å²) < 4.78 is 11.2. The average molecular weight is 293 g/mol. The Kier molecular flexibility index (Phi) is 3.15. The highest BCUT2D eigenvalue weighted by Crippen LogP contribution is 2.58. The Morgan fingerprint density at radius 3 is 2.81 bits per heavy atom. The van der Waals surface area contributed by atoms with Crippen molar-refractivity contribution >= 4 is 5.91 Å². The maximum Gasteiger partial charge on any atom is 0.241 e. The maximum atomic E-state index is 12.6. The molecule has 2 heterocycles. The van der Waals surface area contributed by atoms with Gasteiger partial charge in [0.05, 0.1) is 18.3 Å². The van der Waals surface area contributed by atoms with E-state index in [9.17, 15) is 4.79 Å². The Hall–Kier alpha value is -1.40. The number of amides is 1. The van der Waals surface area contributed by atoms with E-state index in [4.69, 9.17) is 14.9 Å². The number of aryl methyl sites for hydroxylation is 2. The quantitative estimate of drug-likeness (QED) is 0.869. The second-order valence-electron chi connectivity index (χ2n) is 6.71. The van der Waals surface area contributed by atoms with Gasteiger partial charge in [0.1, 0.15) is 11.3 Å². The number of rotatable bonds is 3. The summed E-state index contributed by atoms with van der Waals surface area (Å²) >= 11 is 0. The molecule has 0 spiro atoms. The summed E-state index contributed by atoms with van der Waals surface area (Å²) in [6, 6.07) is 0. The first-order valence-electron chi connectivity index (χ1n) is 7.40. The molecule has 3 unspecified atom stereocenters. The Morgan fingerprint density at radius 2 is 2.19 bits per heavy atom. The highest BCUT2D eigenvalue weighted by molar-refractivity contribution is 5.89. The molecule has 0 aromatic carbocycles. The van der Waals surface area contributed by atoms with Crippen LogP contribution in [0.15, 0.2) is 4.42 Å². The van der Waals surface area contributed by atoms with Crippen molar-refractivity contribution in [2.45, 2.75) is 52.3 Å². The third-order valence-electron chi connectivity index (χ3n) is 5.30. The van der Waals surface area contributed by atoms with E-state index in [1.807, 2.05) is 27.7 Å². The topological polar surface area (TPSA) is 90.4 Å². The van der Waals surface area contributed by atoms with Crippen molar-refractivity contribution in [3.05, 3.63) is 17.3 Å². The summed E-state index contributed by atoms with van der Waals surface area (Å²) in [6.07, 6.45) is 0.925. The molecule has 6 heteroatoms. The SMILES string of the molecule is Cc1nc(CNC(=O)C2(N)C3CCOC3C2(C)C)oc1C. The Balaban J connectivity index is 1.70. The van der Waals surface area contributed by atoms with E-state index in [0.29, 0.717) is 12.5 Å². The fraction of sp³-hybridized carbons (Fsp3) is 0.733. The summed E-state index contributed by atoms with van der Waals surface area (Å²) in [6.45, 7) is 8.68. The predicted molar refractivity (Wildman–Crippen MR) is 76.4 cm³/mol. The van der Waals surface area contributed by atoms with Crippen LogP contribution >= 0.6 is 0 Å². The first-order valence-corrected chi connectivity index (χ1v) is 7.40. The molecule has 21 heavy (non-hydrogen) atoms. The van der Waals surface area contributed by atoms with Crippen molar-refractivity contribution in [1.82, 2.24) is 10.3 Å². The lowest BCUT2D eigenvalue weighted by molar-refractivity contribution is -0.175. The molecule has 1 saturated carbocycles. The molecule has 2 aliphatic rings. The molecule has 0 radical (unpaired) electrons. The van der Waals surface area contributed by atoms with Crippen LogP contribution in [0.5, 0.6) is 0 Å². The van der Waals surface area contributed by atoms with Crippen LogP contribution in [0.4, 0.5) is 0 Å². The number of nitrogens with zero attached hydrogens (tertiary/aromatic N) is 1. The number of ether oxygens (including phenoxy) is 1. The molecule has 0 bridgehead atoms. The molecule has 3 N–H and O–H groups in total. The van der Waals surface area contributed by atoms with Crippen molar-refractivity contribution in [1.29, 1.82) is 0 Å². The predicted octanol–water partition coefficient (Wildman–Crippen LogP) is 1.05. The Bertz CT molecular complexity index is 561. The van der Waals surface area contributed by atoms with E-state index in [0.717, 1.165) is 17.9 Å². The van der Waals surface area contributed by atoms with Gasteiger partial charge in [0.15, 0.2) is 0 Å². The second kappa shape index (κ2) is 4.55. The standard InChI is InChI=1S/C15H23N3O3/c1-8-9(2)21-11(18-8)7-17-13(19)15(16)10-5-6-20-12(10)14(15,3)4/h10,12H,5-7,16H2,1-4H3,(H,17,19). The normalized spacial score (nSPS) is 33.4. The van der Waals surface area contributed by atoms with Crippen LogP contribution < -0.4 is 11.1 Å². The smallest absolute Gasteiger partial charge is 0.241 e. The number of fused-ring (bicyclic) bond motifs is 1. The first-order chi connectivity index (χ1) is 9.78. The average Bonchev–Trinajstić information content (AvgIpc) is 3.02. The number of hydrogen-bond acceptors (Lipinski definition) is 5. The summed E-state index contributed by atoms with van der Waals surface area (Å²) in [5.74, 6) is 1.24. The zero-order chi connectivity index (χ0) is 15.4. The highest BCUT2D eigenvalue weighted by Gasteiger charge is 2.71. The van der Waals surface area contributed by atoms with Gasteiger partial charge in [-0.15, -0.1) is 0 Å². The molecule has 1 aliphatic carbocycles. The van der Waals surface area contributed by atoms with Crippen molar-refractivity contribution in [3.63, 3.8) is 0 Å². The van der Waals surface area contributed by atoms with Gasteiger partial charge in [-0.2, -0.15) is 0 Å². The van der Waals surface area contributed by atoms with Gasteiger partial charge in [-0.25, -0.2) is 4.98 Å². The highest BCUT2D eigenvalue weighted by atomic mass is 16.5. The molecule has 1 saturated heterocycles. The minimum absolute atomic E-state index is 0.0828. The van der Waals surface area contributed by atoms with Gasteiger partial charge < -0.3 is 20.2 Å². The Morgan fingerprint density at radius 1 is 1.48 bits per heavy atom. The van der Waals surface area contributed by atoms with Gasteiger partial charge in [0.25, 0.3) is 0 Å². The molecular weight excluding hydrogens is 270 g/mol. The monoisotopic (exact) mass is 293 g/mol. The maximum absolute atomic E-state index is 12.6. The third-order valence-corrected chi connectivity index (χ3v) is 5.30. The molecule has 1 aliphatic heterocycles. The van der Waals surface area contributed by atoms with Gasteiger partial charge >= 0.3 is 0 Å². The van der Waals surface area contributed by atoms with Crippen LogP contribution in [0, 0.1) is 25.2 Å². The molecule has 1 aromatic heterocycles. The van der Waals surface area contributed by atoms with E-state index in [-0.39, 0.29) is 29.9 Å². The molecule has 1 amide bonds. The van der Waals surface area contributed by atoms with E-state index in [2.05, 4.69) is 10.3 Å². The summed E-state index contributed by atoms with van der Waals surface area (Å²) in [7, 11) is 0. The fourth-order valence-electron chi connectivity index (χ4n) is 3.76. The second-order valence-corrected chi connectivity index (χ2v) is 6.71. The zero-order valence-corrected chi connectivity index (χ0v) is 13.0. The van der Waals surface area contributed by atoms with E-state index < -0.39 is 5.54 Å². The van der Waals surface area contributed by atoms with Gasteiger partial charge in [-0.05, 0) is 20.3 Å². The van der Waals surface area contributed by atoms with E-state index in [1.165, 1.54) is 0 Å². The van der Waals surface area contributed by atoms with E-state index in [1.54, 1.807) is 0 Å². The fourth-order valence-corrected chi connectivity index (χ4v) is 3.76. The molecule has 3 rings (SSSR count). The largest absolute Gasteiger partial charge is 0.444 e. The lowest BCUT2D eigenvalue weighted by atomic mass is 9.48.